The van der Waals surface area contributed by atoms with Gasteiger partial charge < -0.3 is 9.84 Å². The number of piperidine rings is 1. The van der Waals surface area contributed by atoms with Crippen LogP contribution in [-0.2, 0) is 11.3 Å². The Morgan fingerprint density at radius 1 is 1.13 bits per heavy atom. The zero-order chi connectivity index (χ0) is 21.1. The van der Waals surface area contributed by atoms with Crippen LogP contribution in [0.3, 0.4) is 0 Å². The third-order valence-electron chi connectivity index (χ3n) is 5.28. The zero-order valence-electron chi connectivity index (χ0n) is 16.6. The molecule has 2 aromatic carbocycles. The number of aryl methyl sites for hydroxylation is 1. The van der Waals surface area contributed by atoms with Crippen LogP contribution in [0.5, 0.6) is 0 Å². The van der Waals surface area contributed by atoms with Gasteiger partial charge in [0.2, 0.25) is 17.6 Å². The lowest BCUT2D eigenvalue weighted by atomic mass is 9.96. The van der Waals surface area contributed by atoms with Crippen LogP contribution in [0, 0.1) is 12.8 Å². The minimum atomic E-state index is -0.0403. The van der Waals surface area contributed by atoms with Gasteiger partial charge in [-0.1, -0.05) is 58.2 Å². The van der Waals surface area contributed by atoms with E-state index in [1.807, 2.05) is 31.2 Å². The summed E-state index contributed by atoms with van der Waals surface area (Å²) in [6.45, 7) is 4.21. The van der Waals surface area contributed by atoms with Crippen LogP contribution in [0.1, 0.15) is 24.3 Å². The van der Waals surface area contributed by atoms with Gasteiger partial charge in [-0.05, 0) is 51.1 Å². The van der Waals surface area contributed by atoms with Crippen molar-refractivity contribution >= 4 is 34.8 Å². The molecule has 1 fully saturated rings. The predicted octanol–water partition coefficient (Wildman–Crippen LogP) is 5.20. The molecule has 0 aliphatic carbocycles. The second-order valence-electron chi connectivity index (χ2n) is 7.55. The van der Waals surface area contributed by atoms with Gasteiger partial charge in [-0.25, -0.2) is 0 Å². The molecule has 1 aliphatic heterocycles. The molecule has 30 heavy (non-hydrogen) atoms. The van der Waals surface area contributed by atoms with Crippen molar-refractivity contribution in [1.82, 2.24) is 15.0 Å². The lowest BCUT2D eigenvalue weighted by Crippen LogP contribution is -2.37. The summed E-state index contributed by atoms with van der Waals surface area (Å²) in [4.78, 5) is 19.3. The highest BCUT2D eigenvalue weighted by molar-refractivity contribution is 6.42. The van der Waals surface area contributed by atoms with Crippen LogP contribution in [-0.4, -0.2) is 34.0 Å². The molecule has 6 nitrogen and oxygen atoms in total. The average molecular weight is 445 g/mol. The first-order valence-electron chi connectivity index (χ1n) is 9.86. The number of amides is 1. The van der Waals surface area contributed by atoms with E-state index in [9.17, 15) is 4.79 Å². The van der Waals surface area contributed by atoms with Gasteiger partial charge in [-0.15, -0.1) is 0 Å². The maximum absolute atomic E-state index is 12.6. The number of carbonyl (C=O) groups excluding carboxylic acids is 1. The fourth-order valence-electron chi connectivity index (χ4n) is 3.50. The highest BCUT2D eigenvalue weighted by Crippen LogP contribution is 2.26. The molecule has 156 valence electrons. The number of carbonyl (C=O) groups is 1. The van der Waals surface area contributed by atoms with Crippen LogP contribution in [0.25, 0.3) is 11.4 Å². The largest absolute Gasteiger partial charge is 0.338 e. The first-order chi connectivity index (χ1) is 14.5. The molecule has 1 N–H and O–H groups in total. The molecular formula is C22H22Cl2N4O2. The van der Waals surface area contributed by atoms with E-state index in [-0.39, 0.29) is 11.8 Å². The number of nitrogens with zero attached hydrogens (tertiary/aromatic N) is 3. The highest BCUT2D eigenvalue weighted by atomic mass is 35.5. The molecule has 1 aromatic heterocycles. The minimum Gasteiger partial charge on any atom is -0.338 e. The summed E-state index contributed by atoms with van der Waals surface area (Å²) in [6, 6.07) is 13.1. The maximum Gasteiger partial charge on any atom is 0.241 e. The molecule has 8 heteroatoms. The summed E-state index contributed by atoms with van der Waals surface area (Å²) in [5.74, 6) is 1.15. The molecule has 4 rings (SSSR count). The number of halogens is 2. The Labute approximate surface area is 185 Å². The molecule has 0 bridgehead atoms. The number of benzene rings is 2. The first kappa shape index (κ1) is 20.8. The van der Waals surface area contributed by atoms with Gasteiger partial charge in [0.15, 0.2) is 0 Å². The van der Waals surface area contributed by atoms with Gasteiger partial charge in [0.05, 0.1) is 16.6 Å². The predicted molar refractivity (Wildman–Crippen MR) is 118 cm³/mol. The lowest BCUT2D eigenvalue weighted by molar-refractivity contribution is -0.121. The van der Waals surface area contributed by atoms with E-state index in [0.29, 0.717) is 34.0 Å². The van der Waals surface area contributed by atoms with Crippen LogP contribution in [0.2, 0.25) is 10.0 Å². The summed E-state index contributed by atoms with van der Waals surface area (Å²) < 4.78 is 5.42. The van der Waals surface area contributed by atoms with Crippen molar-refractivity contribution < 1.29 is 9.32 Å². The van der Waals surface area contributed by atoms with Gasteiger partial charge in [0, 0.05) is 17.2 Å². The third kappa shape index (κ3) is 5.01. The quantitative estimate of drug-likeness (QED) is 0.585. The fraction of sp³-hybridized carbons (Fsp3) is 0.318. The Balaban J connectivity index is 1.29. The fourth-order valence-corrected chi connectivity index (χ4v) is 3.80. The van der Waals surface area contributed by atoms with Gasteiger partial charge in [-0.3, -0.25) is 9.69 Å². The van der Waals surface area contributed by atoms with E-state index in [1.165, 1.54) is 5.56 Å². The molecule has 0 spiro atoms. The van der Waals surface area contributed by atoms with E-state index >= 15 is 0 Å². The van der Waals surface area contributed by atoms with E-state index < -0.39 is 0 Å². The molecule has 3 aromatic rings. The summed E-state index contributed by atoms with van der Waals surface area (Å²) in [5.41, 5.74) is 2.79. The van der Waals surface area contributed by atoms with Crippen LogP contribution < -0.4 is 5.32 Å². The Morgan fingerprint density at radius 3 is 2.57 bits per heavy atom. The monoisotopic (exact) mass is 444 g/mol. The number of hydrogen-bond donors (Lipinski definition) is 1. The standard InChI is InChI=1S/C22H22Cl2N4O2/c1-14-2-4-15(5-3-14)21-26-20(30-27-21)13-28-10-8-16(9-11-28)22(29)25-17-6-7-18(23)19(24)12-17/h2-7,12,16H,8-11,13H2,1H3,(H,25,29). The summed E-state index contributed by atoms with van der Waals surface area (Å²) in [6.07, 6.45) is 1.54. The summed E-state index contributed by atoms with van der Waals surface area (Å²) in [5, 5.41) is 7.91. The van der Waals surface area contributed by atoms with E-state index in [1.54, 1.807) is 18.2 Å². The molecule has 0 atom stereocenters. The van der Waals surface area contributed by atoms with Crippen molar-refractivity contribution in [2.45, 2.75) is 26.3 Å². The normalized spacial score (nSPS) is 15.3. The van der Waals surface area contributed by atoms with Gasteiger partial charge in [0.1, 0.15) is 0 Å². The second kappa shape index (κ2) is 9.16. The minimum absolute atomic E-state index is 0.00693. The maximum atomic E-state index is 12.6. The number of aromatic nitrogens is 2. The number of anilines is 1. The number of nitrogens with one attached hydrogen (secondary N) is 1. The van der Waals surface area contributed by atoms with Crippen LogP contribution in [0.4, 0.5) is 5.69 Å². The average Bonchev–Trinajstić information content (AvgIpc) is 3.20. The molecular weight excluding hydrogens is 423 g/mol. The Bertz CT molecular complexity index is 1030. The summed E-state index contributed by atoms with van der Waals surface area (Å²) in [7, 11) is 0. The van der Waals surface area contributed by atoms with E-state index in [0.717, 1.165) is 31.5 Å². The molecule has 1 saturated heterocycles. The van der Waals surface area contributed by atoms with Crippen molar-refractivity contribution in [3.8, 4) is 11.4 Å². The number of likely N-dealkylation sites (tertiary alicyclic amines) is 1. The summed E-state index contributed by atoms with van der Waals surface area (Å²) >= 11 is 11.9. The van der Waals surface area contributed by atoms with Crippen molar-refractivity contribution in [3.05, 3.63) is 64.0 Å². The van der Waals surface area contributed by atoms with Crippen LogP contribution >= 0.6 is 23.2 Å². The molecule has 0 unspecified atom stereocenters. The Kier molecular flexibility index (Phi) is 6.37. The van der Waals surface area contributed by atoms with Crippen molar-refractivity contribution in [2.24, 2.45) is 5.92 Å². The lowest BCUT2D eigenvalue weighted by Gasteiger charge is -2.30. The van der Waals surface area contributed by atoms with Gasteiger partial charge in [0.25, 0.3) is 0 Å². The van der Waals surface area contributed by atoms with Gasteiger partial charge in [-0.2, -0.15) is 4.98 Å². The smallest absolute Gasteiger partial charge is 0.241 e. The Morgan fingerprint density at radius 2 is 1.87 bits per heavy atom. The first-order valence-corrected chi connectivity index (χ1v) is 10.6. The molecule has 0 saturated carbocycles. The number of hydrogen-bond acceptors (Lipinski definition) is 5. The van der Waals surface area contributed by atoms with E-state index in [4.69, 9.17) is 27.7 Å². The molecule has 0 radical (unpaired) electrons. The van der Waals surface area contributed by atoms with Gasteiger partial charge >= 0.3 is 0 Å². The highest BCUT2D eigenvalue weighted by Gasteiger charge is 2.26. The third-order valence-corrected chi connectivity index (χ3v) is 6.02. The second-order valence-corrected chi connectivity index (χ2v) is 8.36. The van der Waals surface area contributed by atoms with Crippen molar-refractivity contribution in [3.63, 3.8) is 0 Å². The van der Waals surface area contributed by atoms with E-state index in [2.05, 4.69) is 20.4 Å². The number of rotatable bonds is 5. The Hall–Kier alpha value is -2.41. The SMILES string of the molecule is Cc1ccc(-c2noc(CN3CCC(C(=O)Nc4ccc(Cl)c(Cl)c4)CC3)n2)cc1. The van der Waals surface area contributed by atoms with Crippen molar-refractivity contribution in [2.75, 3.05) is 18.4 Å². The molecule has 1 amide bonds. The van der Waals surface area contributed by atoms with Crippen molar-refractivity contribution in [1.29, 1.82) is 0 Å². The van der Waals surface area contributed by atoms with Crippen LogP contribution in [0.15, 0.2) is 47.0 Å². The molecule has 1 aliphatic rings. The topological polar surface area (TPSA) is 71.3 Å². The zero-order valence-corrected chi connectivity index (χ0v) is 18.1. The molecule has 2 heterocycles.